The number of nitriles is 1. The van der Waals surface area contributed by atoms with Crippen molar-refractivity contribution in [3.63, 3.8) is 0 Å². The number of nitrogen functional groups attached to an aromatic ring is 1. The summed E-state index contributed by atoms with van der Waals surface area (Å²) in [6, 6.07) is 1.98. The van der Waals surface area contributed by atoms with Crippen molar-refractivity contribution in [1.82, 2.24) is 0 Å². The van der Waals surface area contributed by atoms with Crippen LogP contribution in [0.15, 0.2) is 0 Å². The van der Waals surface area contributed by atoms with E-state index in [-0.39, 0.29) is 16.1 Å². The monoisotopic (exact) mass is 269 g/mol. The molecule has 1 aromatic rings. The second-order valence-corrected chi connectivity index (χ2v) is 4.30. The third-order valence-corrected chi connectivity index (χ3v) is 3.31. The van der Waals surface area contributed by atoms with E-state index in [1.807, 2.05) is 13.0 Å². The maximum Gasteiger partial charge on any atom is 0.350 e. The van der Waals surface area contributed by atoms with Crippen LogP contribution in [-0.4, -0.2) is 32.8 Å². The van der Waals surface area contributed by atoms with E-state index in [0.29, 0.717) is 24.8 Å². The maximum atomic E-state index is 11.4. The Labute approximate surface area is 109 Å². The Kier molecular flexibility index (Phi) is 5.42. The summed E-state index contributed by atoms with van der Waals surface area (Å²) in [6.45, 7) is 3.60. The molecule has 1 heterocycles. The molecule has 0 amide bonds. The first-order valence-electron chi connectivity index (χ1n) is 5.38. The number of thiophene rings is 1. The Hall–Kier alpha value is -1.78. The molecule has 0 saturated carbocycles. The Morgan fingerprint density at radius 1 is 1.61 bits per heavy atom. The van der Waals surface area contributed by atoms with Gasteiger partial charge in [-0.1, -0.05) is 0 Å². The number of nitrogens with two attached hydrogens (primary N) is 1. The lowest BCUT2D eigenvalue weighted by Gasteiger charge is -2.03. The molecule has 0 aliphatic rings. The van der Waals surface area contributed by atoms with Crippen LogP contribution in [0.25, 0.3) is 0 Å². The first-order chi connectivity index (χ1) is 8.65. The number of carbonyl (C=O) groups excluding carboxylic acids is 1. The van der Waals surface area contributed by atoms with Gasteiger partial charge in [-0.3, -0.25) is 0 Å². The summed E-state index contributed by atoms with van der Waals surface area (Å²) >= 11 is 1.11. The van der Waals surface area contributed by atoms with Crippen molar-refractivity contribution in [2.75, 3.05) is 37.9 Å². The summed E-state index contributed by atoms with van der Waals surface area (Å²) in [6.07, 6.45) is 0. The van der Waals surface area contributed by atoms with Crippen LogP contribution in [0.1, 0.15) is 22.2 Å². The lowest BCUT2D eigenvalue weighted by Crippen LogP contribution is -2.09. The van der Waals surface area contributed by atoms with E-state index in [1.165, 1.54) is 7.11 Å². The van der Waals surface area contributed by atoms with Gasteiger partial charge in [0.1, 0.15) is 21.5 Å². The Bertz CT molecular complexity index is 465. The molecule has 1 aromatic heterocycles. The number of rotatable bonds is 6. The molecule has 3 N–H and O–H groups in total. The number of nitrogens with one attached hydrogen (secondary N) is 1. The minimum absolute atomic E-state index is 0.160. The van der Waals surface area contributed by atoms with Crippen LogP contribution in [-0.2, 0) is 9.47 Å². The first kappa shape index (κ1) is 14.3. The van der Waals surface area contributed by atoms with Crippen LogP contribution < -0.4 is 11.1 Å². The van der Waals surface area contributed by atoms with Crippen LogP contribution in [0.5, 0.6) is 0 Å². The third-order valence-electron chi connectivity index (χ3n) is 2.16. The summed E-state index contributed by atoms with van der Waals surface area (Å²) in [5, 5.41) is 12.6. The molecule has 0 aliphatic heterocycles. The highest BCUT2D eigenvalue weighted by molar-refractivity contribution is 7.18. The van der Waals surface area contributed by atoms with Gasteiger partial charge in [0.05, 0.1) is 19.4 Å². The highest BCUT2D eigenvalue weighted by Gasteiger charge is 2.21. The van der Waals surface area contributed by atoms with Gasteiger partial charge < -0.3 is 20.5 Å². The minimum Gasteiger partial charge on any atom is -0.465 e. The van der Waals surface area contributed by atoms with E-state index in [1.54, 1.807) is 0 Å². The van der Waals surface area contributed by atoms with Gasteiger partial charge in [-0.15, -0.1) is 11.3 Å². The van der Waals surface area contributed by atoms with Crippen LogP contribution in [0.2, 0.25) is 0 Å². The molecule has 0 aliphatic carbocycles. The van der Waals surface area contributed by atoms with Crippen molar-refractivity contribution in [1.29, 1.82) is 5.26 Å². The summed E-state index contributed by atoms with van der Waals surface area (Å²) in [5.74, 6) is -0.535. The standard InChI is InChI=1S/C11H15N3O3S/c1-3-17-5-4-14-10-7(6-12)8(13)9(18-10)11(15)16-2/h14H,3-5,13H2,1-2H3. The molecule has 1 rings (SSSR count). The fourth-order valence-corrected chi connectivity index (χ4v) is 2.32. The summed E-state index contributed by atoms with van der Waals surface area (Å²) < 4.78 is 9.77. The summed E-state index contributed by atoms with van der Waals surface area (Å²) in [4.78, 5) is 11.7. The fraction of sp³-hybridized carbons (Fsp3) is 0.455. The van der Waals surface area contributed by atoms with E-state index < -0.39 is 5.97 Å². The molecule has 7 heteroatoms. The number of hydrogen-bond donors (Lipinski definition) is 2. The zero-order valence-electron chi connectivity index (χ0n) is 10.3. The smallest absolute Gasteiger partial charge is 0.350 e. The molecular formula is C11H15N3O3S. The van der Waals surface area contributed by atoms with Gasteiger partial charge in [0.15, 0.2) is 0 Å². The van der Waals surface area contributed by atoms with Gasteiger partial charge in [0, 0.05) is 13.2 Å². The fourth-order valence-electron chi connectivity index (χ4n) is 1.30. The molecule has 0 spiro atoms. The SMILES string of the molecule is CCOCCNc1sc(C(=O)OC)c(N)c1C#N. The van der Waals surface area contributed by atoms with Gasteiger partial charge in [-0.2, -0.15) is 5.26 Å². The van der Waals surface area contributed by atoms with Gasteiger partial charge >= 0.3 is 5.97 Å². The van der Waals surface area contributed by atoms with E-state index in [0.717, 1.165) is 11.3 Å². The molecule has 0 saturated heterocycles. The number of methoxy groups -OCH3 is 1. The Morgan fingerprint density at radius 2 is 2.33 bits per heavy atom. The topological polar surface area (TPSA) is 97.4 Å². The van der Waals surface area contributed by atoms with E-state index in [9.17, 15) is 4.79 Å². The highest BCUT2D eigenvalue weighted by atomic mass is 32.1. The van der Waals surface area contributed by atoms with Crippen molar-refractivity contribution in [3.05, 3.63) is 10.4 Å². The number of ether oxygens (including phenoxy) is 2. The average Bonchev–Trinajstić information content (AvgIpc) is 2.70. The van der Waals surface area contributed by atoms with Gasteiger partial charge in [-0.25, -0.2) is 4.79 Å². The van der Waals surface area contributed by atoms with Crippen LogP contribution in [0.3, 0.4) is 0 Å². The first-order valence-corrected chi connectivity index (χ1v) is 6.19. The van der Waals surface area contributed by atoms with Crippen LogP contribution in [0, 0.1) is 11.3 Å². The maximum absolute atomic E-state index is 11.4. The summed E-state index contributed by atoms with van der Waals surface area (Å²) in [7, 11) is 1.27. The molecule has 0 atom stereocenters. The lowest BCUT2D eigenvalue weighted by atomic mass is 10.2. The van der Waals surface area contributed by atoms with E-state index >= 15 is 0 Å². The molecule has 0 radical (unpaired) electrons. The van der Waals surface area contributed by atoms with Crippen molar-refractivity contribution >= 4 is 28.0 Å². The van der Waals surface area contributed by atoms with Crippen LogP contribution in [0.4, 0.5) is 10.7 Å². The third kappa shape index (κ3) is 3.12. The normalized spacial score (nSPS) is 9.83. The van der Waals surface area contributed by atoms with E-state index in [4.69, 9.17) is 15.7 Å². The molecule has 98 valence electrons. The minimum atomic E-state index is -0.535. The van der Waals surface area contributed by atoms with Crippen molar-refractivity contribution in [2.24, 2.45) is 0 Å². The number of nitrogens with zero attached hydrogens (tertiary/aromatic N) is 1. The molecule has 18 heavy (non-hydrogen) atoms. The van der Waals surface area contributed by atoms with Crippen molar-refractivity contribution in [3.8, 4) is 6.07 Å². The van der Waals surface area contributed by atoms with Gasteiger partial charge in [0.25, 0.3) is 0 Å². The predicted molar refractivity (Wildman–Crippen MR) is 69.8 cm³/mol. The molecular weight excluding hydrogens is 254 g/mol. The number of anilines is 2. The van der Waals surface area contributed by atoms with Gasteiger partial charge in [0.2, 0.25) is 0 Å². The van der Waals surface area contributed by atoms with Gasteiger partial charge in [-0.05, 0) is 6.92 Å². The second kappa shape index (κ2) is 6.83. The molecule has 0 fully saturated rings. The van der Waals surface area contributed by atoms with E-state index in [2.05, 4.69) is 10.1 Å². The zero-order valence-corrected chi connectivity index (χ0v) is 11.1. The molecule has 6 nitrogen and oxygen atoms in total. The molecule has 0 aromatic carbocycles. The predicted octanol–water partition coefficient (Wildman–Crippen LogP) is 1.44. The van der Waals surface area contributed by atoms with Crippen LogP contribution >= 0.6 is 11.3 Å². The van der Waals surface area contributed by atoms with Crippen molar-refractivity contribution < 1.29 is 14.3 Å². The number of hydrogen-bond acceptors (Lipinski definition) is 7. The Morgan fingerprint density at radius 3 is 2.89 bits per heavy atom. The Balaban J connectivity index is 2.85. The zero-order chi connectivity index (χ0) is 13.5. The number of esters is 1. The largest absolute Gasteiger partial charge is 0.465 e. The summed E-state index contributed by atoms with van der Waals surface area (Å²) in [5.41, 5.74) is 6.17. The lowest BCUT2D eigenvalue weighted by molar-refractivity contribution is 0.0607. The molecule has 0 unspecified atom stereocenters. The quantitative estimate of drug-likeness (QED) is 0.599. The average molecular weight is 269 g/mol. The van der Waals surface area contributed by atoms with Crippen molar-refractivity contribution in [2.45, 2.75) is 6.92 Å². The highest BCUT2D eigenvalue weighted by Crippen LogP contribution is 2.35. The number of carbonyl (C=O) groups is 1. The second-order valence-electron chi connectivity index (χ2n) is 3.28. The molecule has 0 bridgehead atoms.